The van der Waals surface area contributed by atoms with Crippen LogP contribution in [-0.4, -0.2) is 31.1 Å². The van der Waals surface area contributed by atoms with Gasteiger partial charge >= 0.3 is 5.97 Å². The zero-order valence-electron chi connectivity index (χ0n) is 11.0. The number of halogens is 2. The molecule has 19 heavy (non-hydrogen) atoms. The minimum Gasteiger partial charge on any atom is -0.469 e. The minimum atomic E-state index is -0.451. The zero-order chi connectivity index (χ0) is 14.0. The van der Waals surface area contributed by atoms with Crippen molar-refractivity contribution in [2.45, 2.75) is 13.5 Å². The van der Waals surface area contributed by atoms with Crippen LogP contribution in [0.1, 0.15) is 12.5 Å². The molecule has 2 rings (SSSR count). The molecule has 1 aromatic carbocycles. The number of hydrogen-bond acceptors (Lipinski definition) is 3. The Labute approximate surface area is 111 Å². The summed E-state index contributed by atoms with van der Waals surface area (Å²) in [5.41, 5.74) is 0.317. The van der Waals surface area contributed by atoms with Gasteiger partial charge in [0.15, 0.2) is 0 Å². The topological polar surface area (TPSA) is 29.5 Å². The summed E-state index contributed by atoms with van der Waals surface area (Å²) in [7, 11) is 1.37. The minimum absolute atomic E-state index is 0.157. The lowest BCUT2D eigenvalue weighted by molar-refractivity contribution is -0.146. The van der Waals surface area contributed by atoms with Gasteiger partial charge < -0.3 is 4.74 Å². The fraction of sp³-hybridized carbons (Fsp3) is 0.500. The van der Waals surface area contributed by atoms with Crippen LogP contribution >= 0.6 is 0 Å². The molecule has 1 aliphatic rings. The van der Waals surface area contributed by atoms with Crippen LogP contribution < -0.4 is 0 Å². The van der Waals surface area contributed by atoms with Crippen LogP contribution in [0.2, 0.25) is 0 Å². The van der Waals surface area contributed by atoms with Gasteiger partial charge in [-0.3, -0.25) is 9.69 Å². The largest absolute Gasteiger partial charge is 0.469 e. The fourth-order valence-electron chi connectivity index (χ4n) is 2.56. The van der Waals surface area contributed by atoms with E-state index in [1.54, 1.807) is 0 Å². The van der Waals surface area contributed by atoms with Crippen LogP contribution in [0.4, 0.5) is 8.78 Å². The molecule has 2 atom stereocenters. The Kier molecular flexibility index (Phi) is 4.14. The molecular formula is C14H17F2NO2. The monoisotopic (exact) mass is 269 g/mol. The Morgan fingerprint density at radius 1 is 1.42 bits per heavy atom. The molecule has 1 saturated heterocycles. The predicted octanol–water partition coefficient (Wildman–Crippen LogP) is 2.21. The van der Waals surface area contributed by atoms with Crippen molar-refractivity contribution >= 4 is 5.97 Å². The van der Waals surface area contributed by atoms with Gasteiger partial charge in [0, 0.05) is 25.2 Å². The third-order valence-electron chi connectivity index (χ3n) is 3.59. The number of carbonyl (C=O) groups is 1. The molecule has 0 N–H and O–H groups in total. The Bertz CT molecular complexity index is 479. The van der Waals surface area contributed by atoms with Crippen LogP contribution in [0, 0.1) is 23.5 Å². The highest BCUT2D eigenvalue weighted by molar-refractivity contribution is 5.73. The van der Waals surface area contributed by atoms with Crippen LogP contribution in [0.3, 0.4) is 0 Å². The summed E-state index contributed by atoms with van der Waals surface area (Å²) < 4.78 is 31.4. The van der Waals surface area contributed by atoms with Gasteiger partial charge in [0.25, 0.3) is 0 Å². The van der Waals surface area contributed by atoms with Gasteiger partial charge in [0.1, 0.15) is 11.6 Å². The number of carbonyl (C=O) groups excluding carboxylic acids is 1. The summed E-state index contributed by atoms with van der Waals surface area (Å²) in [5.74, 6) is -1.15. The standard InChI is InChI=1S/C14H17F2NO2/c1-9-6-17(8-12(9)14(18)19-2)7-10-5-11(15)3-4-13(10)16/h3-5,9,12H,6-8H2,1-2H3. The Morgan fingerprint density at radius 3 is 2.84 bits per heavy atom. The SMILES string of the molecule is COC(=O)C1CN(Cc2cc(F)ccc2F)CC1C. The van der Waals surface area contributed by atoms with Crippen LogP contribution in [-0.2, 0) is 16.1 Å². The quantitative estimate of drug-likeness (QED) is 0.788. The summed E-state index contributed by atoms with van der Waals surface area (Å²) in [6.45, 7) is 3.46. The average molecular weight is 269 g/mol. The zero-order valence-corrected chi connectivity index (χ0v) is 11.0. The van der Waals surface area contributed by atoms with Gasteiger partial charge in [-0.25, -0.2) is 8.78 Å². The van der Waals surface area contributed by atoms with E-state index < -0.39 is 11.6 Å². The molecule has 2 unspecified atom stereocenters. The number of esters is 1. The molecule has 0 bridgehead atoms. The number of ether oxygens (including phenoxy) is 1. The maximum Gasteiger partial charge on any atom is 0.310 e. The molecule has 3 nitrogen and oxygen atoms in total. The summed E-state index contributed by atoms with van der Waals surface area (Å²) in [5, 5.41) is 0. The molecular weight excluding hydrogens is 252 g/mol. The van der Waals surface area contributed by atoms with Crippen molar-refractivity contribution in [1.29, 1.82) is 0 Å². The van der Waals surface area contributed by atoms with E-state index in [0.29, 0.717) is 25.2 Å². The number of rotatable bonds is 3. The fourth-order valence-corrected chi connectivity index (χ4v) is 2.56. The molecule has 0 radical (unpaired) electrons. The van der Waals surface area contributed by atoms with E-state index in [1.165, 1.54) is 13.2 Å². The van der Waals surface area contributed by atoms with Crippen LogP contribution in [0.15, 0.2) is 18.2 Å². The Balaban J connectivity index is 2.05. The van der Waals surface area contributed by atoms with E-state index >= 15 is 0 Å². The summed E-state index contributed by atoms with van der Waals surface area (Å²) in [6, 6.07) is 3.43. The molecule has 0 aliphatic carbocycles. The first-order valence-electron chi connectivity index (χ1n) is 6.25. The highest BCUT2D eigenvalue weighted by Crippen LogP contribution is 2.26. The second-order valence-electron chi connectivity index (χ2n) is 5.04. The van der Waals surface area contributed by atoms with E-state index in [4.69, 9.17) is 4.74 Å². The van der Waals surface area contributed by atoms with Gasteiger partial charge in [0.05, 0.1) is 13.0 Å². The van der Waals surface area contributed by atoms with E-state index in [0.717, 1.165) is 12.1 Å². The maximum absolute atomic E-state index is 13.6. The number of benzene rings is 1. The molecule has 0 amide bonds. The highest BCUT2D eigenvalue weighted by atomic mass is 19.1. The van der Waals surface area contributed by atoms with Crippen molar-refractivity contribution in [3.8, 4) is 0 Å². The molecule has 1 fully saturated rings. The summed E-state index contributed by atoms with van der Waals surface area (Å²) in [4.78, 5) is 13.5. The van der Waals surface area contributed by atoms with Gasteiger partial charge in [0.2, 0.25) is 0 Å². The number of methoxy groups -OCH3 is 1. The molecule has 5 heteroatoms. The molecule has 104 valence electrons. The average Bonchev–Trinajstić information content (AvgIpc) is 2.74. The van der Waals surface area contributed by atoms with Crippen molar-refractivity contribution in [3.63, 3.8) is 0 Å². The lowest BCUT2D eigenvalue weighted by Crippen LogP contribution is -2.24. The number of hydrogen-bond donors (Lipinski definition) is 0. The number of nitrogens with zero attached hydrogens (tertiary/aromatic N) is 1. The number of likely N-dealkylation sites (tertiary alicyclic amines) is 1. The summed E-state index contributed by atoms with van der Waals surface area (Å²) in [6.07, 6.45) is 0. The third-order valence-corrected chi connectivity index (χ3v) is 3.59. The van der Waals surface area contributed by atoms with Crippen LogP contribution in [0.25, 0.3) is 0 Å². The maximum atomic E-state index is 13.6. The van der Waals surface area contributed by atoms with E-state index in [1.807, 2.05) is 11.8 Å². The molecule has 1 aliphatic heterocycles. The van der Waals surface area contributed by atoms with E-state index in [2.05, 4.69) is 0 Å². The van der Waals surface area contributed by atoms with Crippen molar-refractivity contribution in [3.05, 3.63) is 35.4 Å². The molecule has 1 aromatic rings. The molecule has 0 saturated carbocycles. The summed E-state index contributed by atoms with van der Waals surface area (Å²) >= 11 is 0. The molecule has 1 heterocycles. The van der Waals surface area contributed by atoms with Crippen molar-refractivity contribution in [2.75, 3.05) is 20.2 Å². The van der Waals surface area contributed by atoms with Gasteiger partial charge in [-0.15, -0.1) is 0 Å². The van der Waals surface area contributed by atoms with Crippen molar-refractivity contribution in [1.82, 2.24) is 4.90 Å². The predicted molar refractivity (Wildman–Crippen MR) is 66.3 cm³/mol. The highest BCUT2D eigenvalue weighted by Gasteiger charge is 2.35. The first kappa shape index (κ1) is 13.9. The van der Waals surface area contributed by atoms with E-state index in [9.17, 15) is 13.6 Å². The first-order valence-corrected chi connectivity index (χ1v) is 6.25. The lowest BCUT2D eigenvalue weighted by Gasteiger charge is -2.16. The van der Waals surface area contributed by atoms with Crippen molar-refractivity contribution < 1.29 is 18.3 Å². The first-order chi connectivity index (χ1) is 9.01. The van der Waals surface area contributed by atoms with Crippen molar-refractivity contribution in [2.24, 2.45) is 11.8 Å². The smallest absolute Gasteiger partial charge is 0.310 e. The Morgan fingerprint density at radius 2 is 2.16 bits per heavy atom. The van der Waals surface area contributed by atoms with Gasteiger partial charge in [-0.2, -0.15) is 0 Å². The second kappa shape index (κ2) is 5.65. The normalized spacial score (nSPS) is 23.6. The van der Waals surface area contributed by atoms with Gasteiger partial charge in [-0.05, 0) is 24.1 Å². The molecule has 0 spiro atoms. The lowest BCUT2D eigenvalue weighted by atomic mass is 9.99. The second-order valence-corrected chi connectivity index (χ2v) is 5.04. The van der Waals surface area contributed by atoms with Gasteiger partial charge in [-0.1, -0.05) is 6.92 Å². The van der Waals surface area contributed by atoms with Crippen LogP contribution in [0.5, 0.6) is 0 Å². The molecule has 0 aromatic heterocycles. The Hall–Kier alpha value is -1.49. The third kappa shape index (κ3) is 3.10. The van der Waals surface area contributed by atoms with E-state index in [-0.39, 0.29) is 17.8 Å².